The Kier molecular flexibility index (Phi) is 2.61. The Morgan fingerprint density at radius 3 is 2.81 bits per heavy atom. The van der Waals surface area contributed by atoms with E-state index in [1.807, 2.05) is 11.8 Å². The lowest BCUT2D eigenvalue weighted by Crippen LogP contribution is -2.34. The number of nitrogen functional groups attached to an aromatic ring is 1. The van der Waals surface area contributed by atoms with Gasteiger partial charge in [-0.15, -0.1) is 0 Å². The number of hydrogen-bond acceptors (Lipinski definition) is 6. The van der Waals surface area contributed by atoms with E-state index in [0.29, 0.717) is 5.95 Å². The fourth-order valence-electron chi connectivity index (χ4n) is 2.21. The van der Waals surface area contributed by atoms with Gasteiger partial charge < -0.3 is 16.0 Å². The molecule has 0 saturated carbocycles. The van der Waals surface area contributed by atoms with Gasteiger partial charge in [-0.1, -0.05) is 0 Å². The van der Waals surface area contributed by atoms with Crippen molar-refractivity contribution in [1.82, 2.24) is 15.3 Å². The summed E-state index contributed by atoms with van der Waals surface area (Å²) in [6.45, 7) is 3.81. The molecule has 86 valence electrons. The third-order valence-electron chi connectivity index (χ3n) is 2.99. The van der Waals surface area contributed by atoms with E-state index >= 15 is 0 Å². The Labute approximate surface area is 98.8 Å². The van der Waals surface area contributed by atoms with Crippen molar-refractivity contribution >= 4 is 23.5 Å². The molecular weight excluding hydrogens is 222 g/mol. The minimum Gasteiger partial charge on any atom is -0.368 e. The minimum atomic E-state index is 0.399. The van der Waals surface area contributed by atoms with Crippen LogP contribution in [0.15, 0.2) is 0 Å². The largest absolute Gasteiger partial charge is 0.368 e. The summed E-state index contributed by atoms with van der Waals surface area (Å²) < 4.78 is 0. The van der Waals surface area contributed by atoms with Crippen LogP contribution in [0.1, 0.15) is 11.3 Å². The molecule has 1 saturated heterocycles. The normalized spacial score (nSPS) is 19.9. The van der Waals surface area contributed by atoms with Gasteiger partial charge in [-0.05, 0) is 0 Å². The Hall–Kier alpha value is -1.01. The molecule has 5 nitrogen and oxygen atoms in total. The number of aromatic nitrogens is 2. The average Bonchev–Trinajstić information content (AvgIpc) is 2.77. The second kappa shape index (κ2) is 4.10. The molecule has 0 aromatic carbocycles. The van der Waals surface area contributed by atoms with E-state index in [2.05, 4.69) is 20.2 Å². The molecule has 2 aliphatic heterocycles. The van der Waals surface area contributed by atoms with Crippen molar-refractivity contribution in [2.24, 2.45) is 0 Å². The van der Waals surface area contributed by atoms with Crippen LogP contribution in [-0.4, -0.2) is 34.6 Å². The lowest BCUT2D eigenvalue weighted by molar-refractivity contribution is 0.755. The molecule has 0 spiro atoms. The number of nitrogens with zero attached hydrogens (tertiary/aromatic N) is 3. The van der Waals surface area contributed by atoms with E-state index in [1.165, 1.54) is 17.1 Å². The topological polar surface area (TPSA) is 67.1 Å². The number of nitrogens with one attached hydrogen (secondary N) is 1. The van der Waals surface area contributed by atoms with E-state index in [0.717, 1.165) is 37.7 Å². The number of nitrogens with two attached hydrogens (primary N) is 1. The Morgan fingerprint density at radius 2 is 2.00 bits per heavy atom. The summed E-state index contributed by atoms with van der Waals surface area (Å²) in [5.41, 5.74) is 8.06. The fraction of sp³-hybridized carbons (Fsp3) is 0.600. The maximum absolute atomic E-state index is 5.76. The molecule has 0 bridgehead atoms. The third kappa shape index (κ3) is 1.72. The molecule has 3 rings (SSSR count). The van der Waals surface area contributed by atoms with E-state index in [4.69, 9.17) is 5.73 Å². The van der Waals surface area contributed by atoms with Gasteiger partial charge in [0, 0.05) is 43.2 Å². The van der Waals surface area contributed by atoms with Gasteiger partial charge in [0.2, 0.25) is 5.95 Å². The molecule has 1 fully saturated rings. The monoisotopic (exact) mass is 237 g/mol. The highest BCUT2D eigenvalue weighted by molar-refractivity contribution is 7.99. The molecule has 3 N–H and O–H groups in total. The van der Waals surface area contributed by atoms with Crippen LogP contribution in [0.3, 0.4) is 0 Å². The van der Waals surface area contributed by atoms with Gasteiger partial charge in [0.15, 0.2) is 0 Å². The lowest BCUT2D eigenvalue weighted by atomic mass is 10.2. The van der Waals surface area contributed by atoms with Gasteiger partial charge in [0.25, 0.3) is 0 Å². The molecule has 3 heterocycles. The highest BCUT2D eigenvalue weighted by Gasteiger charge is 2.23. The second-order valence-corrected chi connectivity index (χ2v) is 5.26. The fourth-order valence-corrected chi connectivity index (χ4v) is 3.11. The Balaban J connectivity index is 1.99. The van der Waals surface area contributed by atoms with Gasteiger partial charge >= 0.3 is 0 Å². The predicted molar refractivity (Wildman–Crippen MR) is 66.5 cm³/mol. The number of thioether (sulfide) groups is 1. The van der Waals surface area contributed by atoms with Gasteiger partial charge in [-0.3, -0.25) is 0 Å². The quantitative estimate of drug-likeness (QED) is 0.728. The Bertz CT molecular complexity index is 402. The van der Waals surface area contributed by atoms with Crippen LogP contribution in [0, 0.1) is 0 Å². The first kappa shape index (κ1) is 10.2. The molecule has 0 aliphatic carbocycles. The predicted octanol–water partition coefficient (Wildman–Crippen LogP) is 0.215. The molecular formula is C10H15N5S. The van der Waals surface area contributed by atoms with E-state index in [9.17, 15) is 0 Å². The molecule has 1 aromatic heterocycles. The summed E-state index contributed by atoms with van der Waals surface area (Å²) in [6.07, 6.45) is 0. The SMILES string of the molecule is Nc1nc2c(c(N3CCSCC3)n1)CNC2. The van der Waals surface area contributed by atoms with Crippen LogP contribution in [0.2, 0.25) is 0 Å². The molecule has 0 radical (unpaired) electrons. The summed E-state index contributed by atoms with van der Waals surface area (Å²) in [7, 11) is 0. The van der Waals surface area contributed by atoms with Crippen molar-refractivity contribution in [3.05, 3.63) is 11.3 Å². The van der Waals surface area contributed by atoms with Crippen molar-refractivity contribution in [3.8, 4) is 0 Å². The van der Waals surface area contributed by atoms with Crippen molar-refractivity contribution in [2.45, 2.75) is 13.1 Å². The van der Waals surface area contributed by atoms with Crippen LogP contribution in [0.25, 0.3) is 0 Å². The summed E-state index contributed by atoms with van der Waals surface area (Å²) in [5, 5.41) is 3.30. The van der Waals surface area contributed by atoms with Crippen LogP contribution in [0.5, 0.6) is 0 Å². The zero-order chi connectivity index (χ0) is 11.0. The van der Waals surface area contributed by atoms with E-state index < -0.39 is 0 Å². The number of hydrogen-bond donors (Lipinski definition) is 2. The van der Waals surface area contributed by atoms with Crippen molar-refractivity contribution in [3.63, 3.8) is 0 Å². The van der Waals surface area contributed by atoms with Crippen LogP contribution in [-0.2, 0) is 13.1 Å². The van der Waals surface area contributed by atoms with E-state index in [1.54, 1.807) is 0 Å². The summed E-state index contributed by atoms with van der Waals surface area (Å²) in [4.78, 5) is 11.0. The summed E-state index contributed by atoms with van der Waals surface area (Å²) in [5.74, 6) is 3.79. The highest BCUT2D eigenvalue weighted by atomic mass is 32.2. The van der Waals surface area contributed by atoms with Crippen molar-refractivity contribution in [2.75, 3.05) is 35.2 Å². The van der Waals surface area contributed by atoms with Gasteiger partial charge in [-0.25, -0.2) is 4.98 Å². The van der Waals surface area contributed by atoms with Gasteiger partial charge in [0.05, 0.1) is 5.69 Å². The highest BCUT2D eigenvalue weighted by Crippen LogP contribution is 2.27. The number of fused-ring (bicyclic) bond motifs is 1. The number of rotatable bonds is 1. The molecule has 2 aliphatic rings. The first-order valence-corrected chi connectivity index (χ1v) is 6.69. The van der Waals surface area contributed by atoms with Gasteiger partial charge in [-0.2, -0.15) is 16.7 Å². The van der Waals surface area contributed by atoms with Crippen molar-refractivity contribution < 1.29 is 0 Å². The maximum atomic E-state index is 5.76. The molecule has 0 unspecified atom stereocenters. The van der Waals surface area contributed by atoms with Gasteiger partial charge in [0.1, 0.15) is 5.82 Å². The van der Waals surface area contributed by atoms with Crippen LogP contribution < -0.4 is 16.0 Å². The first-order valence-electron chi connectivity index (χ1n) is 5.53. The first-order chi connectivity index (χ1) is 7.84. The zero-order valence-corrected chi connectivity index (χ0v) is 9.89. The van der Waals surface area contributed by atoms with Crippen LogP contribution >= 0.6 is 11.8 Å². The smallest absolute Gasteiger partial charge is 0.222 e. The maximum Gasteiger partial charge on any atom is 0.222 e. The van der Waals surface area contributed by atoms with E-state index in [-0.39, 0.29) is 0 Å². The third-order valence-corrected chi connectivity index (χ3v) is 3.94. The standard InChI is InChI=1S/C10H15N5S/c11-10-13-8-6-12-5-7(8)9(14-10)15-1-3-16-4-2-15/h12H,1-6H2,(H2,11,13,14). The average molecular weight is 237 g/mol. The van der Waals surface area contributed by atoms with Crippen LogP contribution in [0.4, 0.5) is 11.8 Å². The Morgan fingerprint density at radius 1 is 1.19 bits per heavy atom. The molecule has 16 heavy (non-hydrogen) atoms. The molecule has 1 aromatic rings. The lowest BCUT2D eigenvalue weighted by Gasteiger charge is -2.28. The number of anilines is 2. The van der Waals surface area contributed by atoms with Crippen molar-refractivity contribution in [1.29, 1.82) is 0 Å². The molecule has 0 amide bonds. The zero-order valence-electron chi connectivity index (χ0n) is 9.07. The summed E-state index contributed by atoms with van der Waals surface area (Å²) in [6, 6.07) is 0. The molecule has 6 heteroatoms. The summed E-state index contributed by atoms with van der Waals surface area (Å²) >= 11 is 2.00. The second-order valence-electron chi connectivity index (χ2n) is 4.03. The minimum absolute atomic E-state index is 0.399. The molecule has 0 atom stereocenters.